The Morgan fingerprint density at radius 2 is 2.11 bits per heavy atom. The average Bonchev–Trinajstić information content (AvgIpc) is 2.76. The van der Waals surface area contributed by atoms with E-state index >= 15 is 0 Å². The number of anilines is 1. The molecule has 0 saturated carbocycles. The van der Waals surface area contributed by atoms with Crippen LogP contribution in [0.15, 0.2) is 29.6 Å². The molecule has 18 heavy (non-hydrogen) atoms. The van der Waals surface area contributed by atoms with Gasteiger partial charge in [-0.2, -0.15) is 0 Å². The highest BCUT2D eigenvalue weighted by molar-refractivity contribution is 7.12. The van der Waals surface area contributed by atoms with E-state index in [0.717, 1.165) is 11.3 Å². The number of carboxylic acids is 1. The van der Waals surface area contributed by atoms with Gasteiger partial charge in [-0.3, -0.25) is 0 Å². The van der Waals surface area contributed by atoms with Crippen molar-refractivity contribution in [1.82, 2.24) is 0 Å². The van der Waals surface area contributed by atoms with Gasteiger partial charge >= 0.3 is 5.97 Å². The molecule has 0 aliphatic rings. The van der Waals surface area contributed by atoms with E-state index in [2.05, 4.69) is 18.3 Å². The molecule has 94 valence electrons. The molecule has 0 fully saturated rings. The fourth-order valence-corrected chi connectivity index (χ4v) is 2.63. The van der Waals surface area contributed by atoms with Gasteiger partial charge in [-0.15, -0.1) is 11.3 Å². The molecule has 0 amide bonds. The number of hydrogen-bond acceptors (Lipinski definition) is 3. The highest BCUT2D eigenvalue weighted by Crippen LogP contribution is 2.20. The van der Waals surface area contributed by atoms with E-state index in [1.807, 2.05) is 30.5 Å². The van der Waals surface area contributed by atoms with Gasteiger partial charge in [-0.05, 0) is 42.5 Å². The second-order valence-corrected chi connectivity index (χ2v) is 5.17. The SMILES string of the molecule is Cc1ccc(NCc2ccsc2C(=O)O)c(C)c1. The normalized spacial score (nSPS) is 10.3. The molecular weight excluding hydrogens is 246 g/mol. The summed E-state index contributed by atoms with van der Waals surface area (Å²) in [7, 11) is 0. The minimum atomic E-state index is -0.859. The van der Waals surface area contributed by atoms with Crippen LogP contribution in [0.25, 0.3) is 0 Å². The second-order valence-electron chi connectivity index (χ2n) is 4.25. The fraction of sp³-hybridized carbons (Fsp3) is 0.214. The van der Waals surface area contributed by atoms with Gasteiger partial charge in [0.05, 0.1) is 0 Å². The number of carboxylic acid groups (broad SMARTS) is 1. The number of benzene rings is 1. The lowest BCUT2D eigenvalue weighted by Gasteiger charge is -2.10. The molecule has 0 aliphatic heterocycles. The molecule has 1 aromatic carbocycles. The number of carbonyl (C=O) groups is 1. The Labute approximate surface area is 110 Å². The Morgan fingerprint density at radius 3 is 2.78 bits per heavy atom. The van der Waals surface area contributed by atoms with Crippen LogP contribution < -0.4 is 5.32 Å². The lowest BCUT2D eigenvalue weighted by molar-refractivity contribution is 0.0701. The molecule has 2 N–H and O–H groups in total. The molecule has 1 heterocycles. The lowest BCUT2D eigenvalue weighted by atomic mass is 10.1. The summed E-state index contributed by atoms with van der Waals surface area (Å²) in [5.41, 5.74) is 4.26. The monoisotopic (exact) mass is 261 g/mol. The van der Waals surface area contributed by atoms with Gasteiger partial charge in [0, 0.05) is 12.2 Å². The van der Waals surface area contributed by atoms with Gasteiger partial charge in [0.2, 0.25) is 0 Å². The number of nitrogens with one attached hydrogen (secondary N) is 1. The molecule has 1 aromatic heterocycles. The lowest BCUT2D eigenvalue weighted by Crippen LogP contribution is -2.04. The molecule has 3 nitrogen and oxygen atoms in total. The maximum absolute atomic E-state index is 11.0. The smallest absolute Gasteiger partial charge is 0.346 e. The van der Waals surface area contributed by atoms with Crippen LogP contribution in [0, 0.1) is 13.8 Å². The van der Waals surface area contributed by atoms with Crippen molar-refractivity contribution >= 4 is 23.0 Å². The molecule has 0 spiro atoms. The first-order chi connectivity index (χ1) is 8.58. The van der Waals surface area contributed by atoms with Crippen molar-refractivity contribution in [2.45, 2.75) is 20.4 Å². The standard InChI is InChI=1S/C14H15NO2S/c1-9-3-4-12(10(2)7-9)15-8-11-5-6-18-13(11)14(16)17/h3-7,15H,8H2,1-2H3,(H,16,17). The zero-order valence-electron chi connectivity index (χ0n) is 10.4. The summed E-state index contributed by atoms with van der Waals surface area (Å²) in [4.78, 5) is 11.4. The Balaban J connectivity index is 2.11. The quantitative estimate of drug-likeness (QED) is 0.882. The third-order valence-corrected chi connectivity index (χ3v) is 3.74. The van der Waals surface area contributed by atoms with Crippen molar-refractivity contribution in [2.24, 2.45) is 0 Å². The molecule has 2 rings (SSSR count). The fourth-order valence-electron chi connectivity index (χ4n) is 1.86. The number of thiophene rings is 1. The van der Waals surface area contributed by atoms with E-state index in [1.54, 1.807) is 0 Å². The summed E-state index contributed by atoms with van der Waals surface area (Å²) >= 11 is 1.26. The topological polar surface area (TPSA) is 49.3 Å². The predicted octanol–water partition coefficient (Wildman–Crippen LogP) is 3.68. The molecule has 0 atom stereocenters. The van der Waals surface area contributed by atoms with Gasteiger partial charge < -0.3 is 10.4 Å². The van der Waals surface area contributed by atoms with E-state index in [9.17, 15) is 4.79 Å². The molecule has 0 radical (unpaired) electrons. The van der Waals surface area contributed by atoms with Crippen LogP contribution >= 0.6 is 11.3 Å². The van der Waals surface area contributed by atoms with Crippen molar-refractivity contribution < 1.29 is 9.90 Å². The zero-order valence-corrected chi connectivity index (χ0v) is 11.2. The van der Waals surface area contributed by atoms with Gasteiger partial charge in [0.1, 0.15) is 4.88 Å². The van der Waals surface area contributed by atoms with Gasteiger partial charge in [0.15, 0.2) is 0 Å². The van der Waals surface area contributed by atoms with Crippen molar-refractivity contribution in [3.8, 4) is 0 Å². The summed E-state index contributed by atoms with van der Waals surface area (Å²) in [6.45, 7) is 4.63. The Morgan fingerprint density at radius 1 is 1.33 bits per heavy atom. The molecule has 0 bridgehead atoms. The summed E-state index contributed by atoms with van der Waals surface area (Å²) in [5, 5.41) is 14.1. The van der Waals surface area contributed by atoms with Gasteiger partial charge in [-0.1, -0.05) is 17.7 Å². The van der Waals surface area contributed by atoms with Crippen molar-refractivity contribution in [2.75, 3.05) is 5.32 Å². The second kappa shape index (κ2) is 5.23. The minimum absolute atomic E-state index is 0.410. The first kappa shape index (κ1) is 12.6. The van der Waals surface area contributed by atoms with Gasteiger partial charge in [0.25, 0.3) is 0 Å². The summed E-state index contributed by atoms with van der Waals surface area (Å²) in [6.07, 6.45) is 0. The van der Waals surface area contributed by atoms with Crippen molar-refractivity contribution in [3.05, 3.63) is 51.2 Å². The molecule has 0 saturated heterocycles. The van der Waals surface area contributed by atoms with Crippen molar-refractivity contribution in [3.63, 3.8) is 0 Å². The van der Waals surface area contributed by atoms with Gasteiger partial charge in [-0.25, -0.2) is 4.79 Å². The third kappa shape index (κ3) is 2.71. The predicted molar refractivity (Wildman–Crippen MR) is 74.5 cm³/mol. The third-order valence-electron chi connectivity index (χ3n) is 2.79. The van der Waals surface area contributed by atoms with E-state index in [0.29, 0.717) is 11.4 Å². The number of hydrogen-bond donors (Lipinski definition) is 2. The Kier molecular flexibility index (Phi) is 3.67. The maximum Gasteiger partial charge on any atom is 0.346 e. The summed E-state index contributed by atoms with van der Waals surface area (Å²) < 4.78 is 0. The number of aryl methyl sites for hydroxylation is 2. The summed E-state index contributed by atoms with van der Waals surface area (Å²) in [6, 6.07) is 8.03. The Bertz CT molecular complexity index is 575. The van der Waals surface area contributed by atoms with Crippen LogP contribution in [0.5, 0.6) is 0 Å². The van der Waals surface area contributed by atoms with E-state index < -0.39 is 5.97 Å². The first-order valence-electron chi connectivity index (χ1n) is 5.68. The summed E-state index contributed by atoms with van der Waals surface area (Å²) in [5.74, 6) is -0.859. The van der Waals surface area contributed by atoms with Crippen LogP contribution in [0.4, 0.5) is 5.69 Å². The largest absolute Gasteiger partial charge is 0.477 e. The van der Waals surface area contributed by atoms with Crippen LogP contribution in [0.2, 0.25) is 0 Å². The van der Waals surface area contributed by atoms with Crippen LogP contribution in [0.3, 0.4) is 0 Å². The molecule has 0 aliphatic carbocycles. The highest BCUT2D eigenvalue weighted by Gasteiger charge is 2.11. The number of rotatable bonds is 4. The molecule has 4 heteroatoms. The average molecular weight is 261 g/mol. The molecular formula is C14H15NO2S. The van der Waals surface area contributed by atoms with Crippen molar-refractivity contribution in [1.29, 1.82) is 0 Å². The van der Waals surface area contributed by atoms with Crippen LogP contribution in [-0.4, -0.2) is 11.1 Å². The van der Waals surface area contributed by atoms with E-state index in [-0.39, 0.29) is 0 Å². The highest BCUT2D eigenvalue weighted by atomic mass is 32.1. The number of aromatic carboxylic acids is 1. The van der Waals surface area contributed by atoms with Crippen LogP contribution in [-0.2, 0) is 6.54 Å². The first-order valence-corrected chi connectivity index (χ1v) is 6.56. The van der Waals surface area contributed by atoms with E-state index in [4.69, 9.17) is 5.11 Å². The maximum atomic E-state index is 11.0. The Hall–Kier alpha value is -1.81. The molecule has 2 aromatic rings. The zero-order chi connectivity index (χ0) is 13.1. The minimum Gasteiger partial charge on any atom is -0.477 e. The van der Waals surface area contributed by atoms with Crippen LogP contribution in [0.1, 0.15) is 26.4 Å². The molecule has 0 unspecified atom stereocenters. The van der Waals surface area contributed by atoms with E-state index in [1.165, 1.54) is 22.5 Å².